The van der Waals surface area contributed by atoms with E-state index in [1.807, 2.05) is 0 Å². The number of carbonyl (C=O) groups is 1. The molecule has 0 aliphatic rings. The van der Waals surface area contributed by atoms with Crippen LogP contribution in [0.25, 0.3) is 0 Å². The minimum Gasteiger partial charge on any atom is -0.358 e. The molecular weight excluding hydrogens is 162 g/mol. The summed E-state index contributed by atoms with van der Waals surface area (Å²) in [5.41, 5.74) is 0. The van der Waals surface area contributed by atoms with Gasteiger partial charge in [-0.05, 0) is 0 Å². The maximum atomic E-state index is 10.7. The van der Waals surface area contributed by atoms with Crippen LogP contribution < -0.4 is 5.32 Å². The number of nitrogens with one attached hydrogen (secondary N) is 2. The van der Waals surface area contributed by atoms with Crippen molar-refractivity contribution >= 4 is 17.7 Å². The van der Waals surface area contributed by atoms with Crippen molar-refractivity contribution in [2.75, 3.05) is 12.8 Å². The minimum absolute atomic E-state index is 0.00593. The van der Waals surface area contributed by atoms with E-state index in [4.69, 9.17) is 0 Å². The quantitative estimate of drug-likeness (QED) is 0.641. The number of H-pyrrole nitrogens is 1. The van der Waals surface area contributed by atoms with E-state index >= 15 is 0 Å². The van der Waals surface area contributed by atoms with E-state index in [0.717, 1.165) is 5.16 Å². The van der Waals surface area contributed by atoms with Gasteiger partial charge in [0, 0.05) is 19.4 Å². The van der Waals surface area contributed by atoms with Gasteiger partial charge in [0.1, 0.15) is 0 Å². The second-order valence-corrected chi connectivity index (χ2v) is 2.82. The van der Waals surface area contributed by atoms with Gasteiger partial charge in [0.25, 0.3) is 0 Å². The Morgan fingerprint density at radius 3 is 3.27 bits per heavy atom. The largest absolute Gasteiger partial charge is 0.358 e. The lowest BCUT2D eigenvalue weighted by molar-refractivity contribution is -0.118. The fourth-order valence-electron chi connectivity index (χ4n) is 0.536. The molecule has 1 aromatic rings. The van der Waals surface area contributed by atoms with Crippen LogP contribution in [0.5, 0.6) is 0 Å². The zero-order chi connectivity index (χ0) is 8.10. The Kier molecular flexibility index (Phi) is 2.97. The van der Waals surface area contributed by atoms with E-state index in [0.29, 0.717) is 5.75 Å². The van der Waals surface area contributed by atoms with Gasteiger partial charge in [-0.25, -0.2) is 4.98 Å². The van der Waals surface area contributed by atoms with Crippen molar-refractivity contribution in [3.63, 3.8) is 0 Å². The number of imidazole rings is 1. The van der Waals surface area contributed by atoms with Crippen LogP contribution in [-0.4, -0.2) is 28.7 Å². The van der Waals surface area contributed by atoms with Crippen LogP contribution in [0.4, 0.5) is 0 Å². The number of rotatable bonds is 3. The van der Waals surface area contributed by atoms with Crippen LogP contribution in [0.1, 0.15) is 0 Å². The third kappa shape index (κ3) is 2.63. The van der Waals surface area contributed by atoms with Gasteiger partial charge in [-0.1, -0.05) is 11.8 Å². The van der Waals surface area contributed by atoms with E-state index in [9.17, 15) is 4.79 Å². The first-order valence-electron chi connectivity index (χ1n) is 3.15. The second kappa shape index (κ2) is 4.02. The fraction of sp³-hybridized carbons (Fsp3) is 0.333. The molecule has 60 valence electrons. The smallest absolute Gasteiger partial charge is 0.230 e. The van der Waals surface area contributed by atoms with Gasteiger partial charge >= 0.3 is 0 Å². The lowest BCUT2D eigenvalue weighted by Gasteiger charge is -1.95. The molecule has 5 heteroatoms. The maximum absolute atomic E-state index is 10.7. The molecule has 1 amide bonds. The number of hydrogen-bond acceptors (Lipinski definition) is 3. The number of aromatic amines is 1. The first-order valence-corrected chi connectivity index (χ1v) is 4.14. The first kappa shape index (κ1) is 8.13. The zero-order valence-electron chi connectivity index (χ0n) is 6.13. The number of thioether (sulfide) groups is 1. The SMILES string of the molecule is CNC(=O)CSc1ncc[nH]1. The van der Waals surface area contributed by atoms with Crippen molar-refractivity contribution in [1.29, 1.82) is 0 Å². The fourth-order valence-corrected chi connectivity index (χ4v) is 1.23. The molecule has 0 saturated heterocycles. The summed E-state index contributed by atoms with van der Waals surface area (Å²) in [6.07, 6.45) is 3.39. The van der Waals surface area contributed by atoms with Gasteiger partial charge in [0.15, 0.2) is 5.16 Å². The number of carbonyl (C=O) groups excluding carboxylic acids is 1. The van der Waals surface area contributed by atoms with Crippen LogP contribution in [0.2, 0.25) is 0 Å². The number of aromatic nitrogens is 2. The summed E-state index contributed by atoms with van der Waals surface area (Å²) in [5, 5.41) is 3.30. The van der Waals surface area contributed by atoms with Crippen molar-refractivity contribution in [3.05, 3.63) is 12.4 Å². The normalized spacial score (nSPS) is 9.55. The topological polar surface area (TPSA) is 57.8 Å². The molecule has 0 aliphatic carbocycles. The van der Waals surface area contributed by atoms with Gasteiger partial charge in [-0.3, -0.25) is 4.79 Å². The Morgan fingerprint density at radius 2 is 2.73 bits per heavy atom. The Morgan fingerprint density at radius 1 is 1.91 bits per heavy atom. The molecule has 0 saturated carbocycles. The molecule has 0 radical (unpaired) electrons. The molecule has 2 N–H and O–H groups in total. The van der Waals surface area contributed by atoms with E-state index in [-0.39, 0.29) is 5.91 Å². The molecule has 0 unspecified atom stereocenters. The lowest BCUT2D eigenvalue weighted by atomic mass is 10.7. The highest BCUT2D eigenvalue weighted by Gasteiger charge is 2.00. The molecule has 0 bridgehead atoms. The molecule has 11 heavy (non-hydrogen) atoms. The molecule has 0 aromatic carbocycles. The van der Waals surface area contributed by atoms with Crippen molar-refractivity contribution in [2.45, 2.75) is 5.16 Å². The standard InChI is InChI=1S/C6H9N3OS/c1-7-5(10)4-11-6-8-2-3-9-6/h2-3H,4H2,1H3,(H,7,10)(H,8,9). The highest BCUT2D eigenvalue weighted by atomic mass is 32.2. The molecule has 0 aliphatic heterocycles. The molecule has 1 aromatic heterocycles. The molecule has 0 spiro atoms. The average molecular weight is 171 g/mol. The van der Waals surface area contributed by atoms with Crippen molar-refractivity contribution in [2.24, 2.45) is 0 Å². The highest BCUT2D eigenvalue weighted by molar-refractivity contribution is 7.99. The Balaban J connectivity index is 2.29. The number of hydrogen-bond donors (Lipinski definition) is 2. The van der Waals surface area contributed by atoms with Gasteiger partial charge in [0.05, 0.1) is 5.75 Å². The Hall–Kier alpha value is -0.970. The minimum atomic E-state index is 0.00593. The van der Waals surface area contributed by atoms with Gasteiger partial charge in [0.2, 0.25) is 5.91 Å². The average Bonchev–Trinajstić information content (AvgIpc) is 2.52. The summed E-state index contributed by atoms with van der Waals surface area (Å²) in [6.45, 7) is 0. The lowest BCUT2D eigenvalue weighted by Crippen LogP contribution is -2.19. The zero-order valence-corrected chi connectivity index (χ0v) is 6.94. The number of amides is 1. The first-order chi connectivity index (χ1) is 5.33. The molecule has 1 heterocycles. The van der Waals surface area contributed by atoms with Crippen LogP contribution in [0.15, 0.2) is 17.6 Å². The third-order valence-electron chi connectivity index (χ3n) is 1.09. The van der Waals surface area contributed by atoms with Crippen LogP contribution in [-0.2, 0) is 4.79 Å². The predicted molar refractivity (Wildman–Crippen MR) is 43.4 cm³/mol. The number of nitrogens with zero attached hydrogens (tertiary/aromatic N) is 1. The summed E-state index contributed by atoms with van der Waals surface area (Å²) in [6, 6.07) is 0. The van der Waals surface area contributed by atoms with Crippen LogP contribution in [0.3, 0.4) is 0 Å². The molecule has 0 atom stereocenters. The summed E-state index contributed by atoms with van der Waals surface area (Å²) in [4.78, 5) is 17.6. The molecule has 0 fully saturated rings. The third-order valence-corrected chi connectivity index (χ3v) is 2.00. The van der Waals surface area contributed by atoms with Crippen LogP contribution in [0, 0.1) is 0 Å². The van der Waals surface area contributed by atoms with Gasteiger partial charge < -0.3 is 10.3 Å². The molecule has 4 nitrogen and oxygen atoms in total. The predicted octanol–water partition coefficient (Wildman–Crippen LogP) is 0.248. The van der Waals surface area contributed by atoms with E-state index in [1.54, 1.807) is 19.4 Å². The Bertz CT molecular complexity index is 222. The summed E-state index contributed by atoms with van der Waals surface area (Å²) >= 11 is 1.38. The summed E-state index contributed by atoms with van der Waals surface area (Å²) in [7, 11) is 1.62. The van der Waals surface area contributed by atoms with Crippen molar-refractivity contribution in [3.8, 4) is 0 Å². The molecular formula is C6H9N3OS. The van der Waals surface area contributed by atoms with E-state index < -0.39 is 0 Å². The monoisotopic (exact) mass is 171 g/mol. The molecule has 1 rings (SSSR count). The Labute approximate surface area is 68.8 Å². The van der Waals surface area contributed by atoms with E-state index in [2.05, 4.69) is 15.3 Å². The van der Waals surface area contributed by atoms with Crippen molar-refractivity contribution < 1.29 is 4.79 Å². The summed E-state index contributed by atoms with van der Waals surface area (Å²) < 4.78 is 0. The second-order valence-electron chi connectivity index (χ2n) is 1.86. The van der Waals surface area contributed by atoms with Gasteiger partial charge in [-0.2, -0.15) is 0 Å². The van der Waals surface area contributed by atoms with Crippen LogP contribution >= 0.6 is 11.8 Å². The maximum Gasteiger partial charge on any atom is 0.230 e. The van der Waals surface area contributed by atoms with Gasteiger partial charge in [-0.15, -0.1) is 0 Å². The highest BCUT2D eigenvalue weighted by Crippen LogP contribution is 2.09. The van der Waals surface area contributed by atoms with E-state index in [1.165, 1.54) is 11.8 Å². The summed E-state index contributed by atoms with van der Waals surface area (Å²) in [5.74, 6) is 0.413. The van der Waals surface area contributed by atoms with Crippen molar-refractivity contribution in [1.82, 2.24) is 15.3 Å².